The number of hydrogen-bond donors (Lipinski definition) is 0. The van der Waals surface area contributed by atoms with Gasteiger partial charge in [-0.15, -0.1) is 0 Å². The maximum atomic E-state index is 4.27. The van der Waals surface area contributed by atoms with Gasteiger partial charge in [0.1, 0.15) is 0 Å². The van der Waals surface area contributed by atoms with Gasteiger partial charge in [0, 0.05) is 24.8 Å². The molecule has 0 N–H and O–H groups in total. The van der Waals surface area contributed by atoms with Crippen molar-refractivity contribution in [2.45, 2.75) is 6.92 Å². The highest BCUT2D eigenvalue weighted by atomic mass is 127. The summed E-state index contributed by atoms with van der Waals surface area (Å²) < 4.78 is 2.10. The molecule has 0 aliphatic heterocycles. The Morgan fingerprint density at radius 1 is 1.57 bits per heavy atom. The van der Waals surface area contributed by atoms with Crippen molar-refractivity contribution in [1.29, 1.82) is 0 Å². The molecule has 0 aliphatic rings. The highest BCUT2D eigenvalue weighted by Crippen LogP contribution is 2.27. The largest absolute Gasteiger partial charge is 0.369 e. The zero-order valence-corrected chi connectivity index (χ0v) is 12.0. The van der Waals surface area contributed by atoms with Gasteiger partial charge in [-0.2, -0.15) is 0 Å². The summed E-state index contributed by atoms with van der Waals surface area (Å²) in [6.45, 7) is 2.04. The van der Waals surface area contributed by atoms with Gasteiger partial charge in [-0.3, -0.25) is 0 Å². The minimum Gasteiger partial charge on any atom is -0.369 e. The molecule has 1 aromatic heterocycles. The lowest BCUT2D eigenvalue weighted by Gasteiger charge is -2.05. The first-order chi connectivity index (χ1) is 6.52. The highest BCUT2D eigenvalue weighted by Gasteiger charge is 2.05. The van der Waals surface area contributed by atoms with Crippen molar-refractivity contribution in [3.8, 4) is 0 Å². The Morgan fingerprint density at radius 3 is 2.79 bits per heavy atom. The molecule has 0 radical (unpaired) electrons. The maximum absolute atomic E-state index is 4.27. The number of aliphatic imine (C=N–C) groups is 1. The predicted molar refractivity (Wildman–Crippen MR) is 71.2 cm³/mol. The van der Waals surface area contributed by atoms with E-state index < -0.39 is 0 Å². The van der Waals surface area contributed by atoms with Crippen molar-refractivity contribution >= 4 is 50.7 Å². The number of hydrogen-bond acceptors (Lipinski definition) is 2. The van der Waals surface area contributed by atoms with Gasteiger partial charge >= 0.3 is 0 Å². The molecule has 0 spiro atoms. The van der Waals surface area contributed by atoms with Crippen molar-refractivity contribution in [1.82, 2.24) is 9.88 Å². The highest BCUT2D eigenvalue weighted by molar-refractivity contribution is 14.1. The fraction of sp³-hybridized carbons (Fsp3) is 0.333. The molecule has 0 fully saturated rings. The third-order valence-corrected chi connectivity index (χ3v) is 3.69. The van der Waals surface area contributed by atoms with E-state index in [2.05, 4.69) is 48.5 Å². The summed E-state index contributed by atoms with van der Waals surface area (Å²) >= 11 is 5.68. The summed E-state index contributed by atoms with van der Waals surface area (Å²) in [6.07, 6.45) is 3.53. The summed E-state index contributed by atoms with van der Waals surface area (Å²) in [5.74, 6) is 0.764. The van der Waals surface area contributed by atoms with E-state index >= 15 is 0 Å². The van der Waals surface area contributed by atoms with Gasteiger partial charge in [-0.05, 0) is 51.0 Å². The Hall–Kier alpha value is -0.170. The van der Waals surface area contributed by atoms with Gasteiger partial charge < -0.3 is 4.90 Å². The maximum Gasteiger partial charge on any atom is 0.167 e. The molecule has 3 nitrogen and oxygen atoms in total. The number of nitrogens with zero attached hydrogens (tertiary/aromatic N) is 3. The fourth-order valence-corrected chi connectivity index (χ4v) is 2.04. The summed E-state index contributed by atoms with van der Waals surface area (Å²) in [5.41, 5.74) is 1.17. The Balaban J connectivity index is 3.06. The van der Waals surface area contributed by atoms with E-state index in [9.17, 15) is 0 Å². The van der Waals surface area contributed by atoms with Crippen molar-refractivity contribution < 1.29 is 0 Å². The van der Waals surface area contributed by atoms with E-state index in [1.165, 1.54) is 5.56 Å². The average Bonchev–Trinajstić information content (AvgIpc) is 2.13. The fourth-order valence-electron chi connectivity index (χ4n) is 0.804. The second kappa shape index (κ2) is 5.06. The van der Waals surface area contributed by atoms with E-state index in [-0.39, 0.29) is 0 Å². The van der Waals surface area contributed by atoms with Gasteiger partial charge in [-0.1, -0.05) is 0 Å². The minimum absolute atomic E-state index is 0.764. The molecule has 0 aromatic carbocycles. The Morgan fingerprint density at radius 2 is 2.21 bits per heavy atom. The van der Waals surface area contributed by atoms with E-state index in [0.29, 0.717) is 0 Å². The van der Waals surface area contributed by atoms with Crippen LogP contribution in [0, 0.1) is 10.5 Å². The Bertz CT molecular complexity index is 363. The van der Waals surface area contributed by atoms with Crippen LogP contribution in [0.15, 0.2) is 15.7 Å². The van der Waals surface area contributed by atoms with Crippen LogP contribution in [0.1, 0.15) is 5.56 Å². The molecular weight excluding hydrogens is 357 g/mol. The standard InChI is InChI=1S/C9H11BrIN3/c1-6-7(10)4-12-9(8(6)11)13-5-14(2)3/h4-5H,1-3H3/b13-5+. The normalized spacial score (nSPS) is 10.9. The molecule has 14 heavy (non-hydrogen) atoms. The molecule has 0 saturated heterocycles. The molecule has 0 bridgehead atoms. The molecule has 1 rings (SSSR count). The van der Waals surface area contributed by atoms with E-state index in [1.807, 2.05) is 25.9 Å². The van der Waals surface area contributed by atoms with Gasteiger partial charge in [0.25, 0.3) is 0 Å². The third-order valence-electron chi connectivity index (χ3n) is 1.59. The second-order valence-corrected chi connectivity index (χ2v) is 5.01. The summed E-state index contributed by atoms with van der Waals surface area (Å²) in [7, 11) is 3.87. The van der Waals surface area contributed by atoms with Crippen LogP contribution in [0.4, 0.5) is 5.82 Å². The van der Waals surface area contributed by atoms with E-state index in [1.54, 1.807) is 12.5 Å². The first kappa shape index (κ1) is 11.9. The Labute approximate surface area is 106 Å². The lowest BCUT2D eigenvalue weighted by molar-refractivity contribution is 0.643. The van der Waals surface area contributed by atoms with Crippen molar-refractivity contribution in [3.63, 3.8) is 0 Å². The zero-order valence-electron chi connectivity index (χ0n) is 8.25. The van der Waals surface area contributed by atoms with Crippen molar-refractivity contribution in [3.05, 3.63) is 19.8 Å². The Kier molecular flexibility index (Phi) is 4.31. The van der Waals surface area contributed by atoms with Gasteiger partial charge in [0.15, 0.2) is 5.82 Å². The van der Waals surface area contributed by atoms with Crippen LogP contribution in [-0.4, -0.2) is 30.3 Å². The molecule has 1 aromatic rings. The van der Waals surface area contributed by atoms with Crippen LogP contribution in [0.3, 0.4) is 0 Å². The van der Waals surface area contributed by atoms with Gasteiger partial charge in [0.2, 0.25) is 0 Å². The SMILES string of the molecule is Cc1c(Br)cnc(/N=C/N(C)C)c1I. The lowest BCUT2D eigenvalue weighted by atomic mass is 10.3. The van der Waals surface area contributed by atoms with Crippen LogP contribution in [0.25, 0.3) is 0 Å². The first-order valence-electron chi connectivity index (χ1n) is 4.03. The van der Waals surface area contributed by atoms with Gasteiger partial charge in [-0.25, -0.2) is 9.98 Å². The molecule has 0 aliphatic carbocycles. The molecule has 76 valence electrons. The average molecular weight is 368 g/mol. The molecule has 0 atom stereocenters. The van der Waals surface area contributed by atoms with Gasteiger partial charge in [0.05, 0.1) is 9.91 Å². The van der Waals surface area contributed by atoms with Crippen molar-refractivity contribution in [2.75, 3.05) is 14.1 Å². The van der Waals surface area contributed by atoms with Crippen molar-refractivity contribution in [2.24, 2.45) is 4.99 Å². The quantitative estimate of drug-likeness (QED) is 0.456. The second-order valence-electron chi connectivity index (χ2n) is 3.08. The number of pyridine rings is 1. The summed E-state index contributed by atoms with van der Waals surface area (Å²) in [5, 5.41) is 0. The van der Waals surface area contributed by atoms with E-state index in [0.717, 1.165) is 13.9 Å². The van der Waals surface area contributed by atoms with Crippen LogP contribution in [-0.2, 0) is 0 Å². The number of aromatic nitrogens is 1. The lowest BCUT2D eigenvalue weighted by Crippen LogP contribution is -2.07. The molecular formula is C9H11BrIN3. The van der Waals surface area contributed by atoms with Crippen LogP contribution in [0.5, 0.6) is 0 Å². The summed E-state index contributed by atoms with van der Waals surface area (Å²) in [6, 6.07) is 0. The van der Waals surface area contributed by atoms with Crippen LogP contribution >= 0.6 is 38.5 Å². The monoisotopic (exact) mass is 367 g/mol. The predicted octanol–water partition coefficient (Wildman–Crippen LogP) is 2.98. The first-order valence-corrected chi connectivity index (χ1v) is 5.90. The van der Waals surface area contributed by atoms with E-state index in [4.69, 9.17) is 0 Å². The molecule has 0 unspecified atom stereocenters. The molecule has 1 heterocycles. The van der Waals surface area contributed by atoms with Crippen LogP contribution in [0.2, 0.25) is 0 Å². The third kappa shape index (κ3) is 2.91. The summed E-state index contributed by atoms with van der Waals surface area (Å²) in [4.78, 5) is 10.4. The topological polar surface area (TPSA) is 28.5 Å². The number of halogens is 2. The smallest absolute Gasteiger partial charge is 0.167 e. The zero-order chi connectivity index (χ0) is 10.7. The minimum atomic E-state index is 0.764. The number of rotatable bonds is 2. The molecule has 0 amide bonds. The molecule has 5 heteroatoms. The van der Waals surface area contributed by atoms with Crippen LogP contribution < -0.4 is 0 Å². The molecule has 0 saturated carbocycles.